The zero-order valence-electron chi connectivity index (χ0n) is 4.52. The van der Waals surface area contributed by atoms with Crippen LogP contribution in [-0.4, -0.2) is 9.73 Å². The topological polar surface area (TPSA) is 0 Å². The van der Waals surface area contributed by atoms with Gasteiger partial charge in [-0.05, 0) is 23.6 Å². The van der Waals surface area contributed by atoms with E-state index in [9.17, 15) is 0 Å². The van der Waals surface area contributed by atoms with Gasteiger partial charge < -0.3 is 0 Å². The first kappa shape index (κ1) is 7.18. The SMILES string of the molecule is CC(=S)CC(C)=S. The first-order valence-corrected chi connectivity index (χ1v) is 2.93. The molecule has 0 aliphatic rings. The molecule has 0 saturated carbocycles. The van der Waals surface area contributed by atoms with Crippen molar-refractivity contribution in [1.29, 1.82) is 0 Å². The fraction of sp³-hybridized carbons (Fsp3) is 0.600. The van der Waals surface area contributed by atoms with Crippen LogP contribution in [0, 0.1) is 0 Å². The summed E-state index contributed by atoms with van der Waals surface area (Å²) in [4.78, 5) is 1.96. The van der Waals surface area contributed by atoms with E-state index in [4.69, 9.17) is 24.4 Å². The second-order valence-corrected chi connectivity index (χ2v) is 2.97. The van der Waals surface area contributed by atoms with Gasteiger partial charge in [-0.15, -0.1) is 0 Å². The van der Waals surface area contributed by atoms with Crippen LogP contribution in [0.15, 0.2) is 0 Å². The Morgan fingerprint density at radius 2 is 1.43 bits per heavy atom. The van der Waals surface area contributed by atoms with Crippen molar-refractivity contribution in [2.24, 2.45) is 0 Å². The molecule has 40 valence electrons. The summed E-state index contributed by atoms with van der Waals surface area (Å²) in [6.07, 6.45) is 0.824. The van der Waals surface area contributed by atoms with Crippen LogP contribution in [0.25, 0.3) is 0 Å². The fourth-order valence-electron chi connectivity index (χ4n) is 0.351. The molecule has 0 fully saturated rings. The highest BCUT2D eigenvalue weighted by molar-refractivity contribution is 7.82. The largest absolute Gasteiger partial charge is 0.0896 e. The van der Waals surface area contributed by atoms with E-state index in [1.54, 1.807) is 0 Å². The lowest BCUT2D eigenvalue weighted by atomic mass is 10.3. The van der Waals surface area contributed by atoms with Gasteiger partial charge in [0.2, 0.25) is 0 Å². The number of hydrogen-bond donors (Lipinski definition) is 0. The highest BCUT2D eigenvalue weighted by Gasteiger charge is 1.86. The van der Waals surface area contributed by atoms with Crippen molar-refractivity contribution in [3.63, 3.8) is 0 Å². The third-order valence-electron chi connectivity index (χ3n) is 0.498. The van der Waals surface area contributed by atoms with Crippen molar-refractivity contribution >= 4 is 34.2 Å². The molecule has 0 bridgehead atoms. The van der Waals surface area contributed by atoms with Crippen LogP contribution in [0.1, 0.15) is 20.3 Å². The van der Waals surface area contributed by atoms with Crippen molar-refractivity contribution in [3.05, 3.63) is 0 Å². The van der Waals surface area contributed by atoms with E-state index >= 15 is 0 Å². The Morgan fingerprint density at radius 1 is 1.14 bits per heavy atom. The van der Waals surface area contributed by atoms with E-state index in [0.29, 0.717) is 0 Å². The summed E-state index contributed by atoms with van der Waals surface area (Å²) in [6, 6.07) is 0. The van der Waals surface area contributed by atoms with E-state index in [-0.39, 0.29) is 0 Å². The molecule has 0 heterocycles. The molecule has 0 saturated heterocycles. The average molecular weight is 132 g/mol. The van der Waals surface area contributed by atoms with E-state index in [1.165, 1.54) is 0 Å². The Kier molecular flexibility index (Phi) is 3.30. The van der Waals surface area contributed by atoms with Gasteiger partial charge in [0.1, 0.15) is 0 Å². The number of hydrogen-bond acceptors (Lipinski definition) is 2. The van der Waals surface area contributed by atoms with Crippen molar-refractivity contribution < 1.29 is 0 Å². The number of rotatable bonds is 2. The van der Waals surface area contributed by atoms with E-state index in [2.05, 4.69) is 0 Å². The molecule has 0 aromatic rings. The van der Waals surface area contributed by atoms with E-state index in [0.717, 1.165) is 16.1 Å². The molecule has 0 aromatic carbocycles. The van der Waals surface area contributed by atoms with Crippen LogP contribution >= 0.6 is 24.4 Å². The highest BCUT2D eigenvalue weighted by Crippen LogP contribution is 1.87. The minimum absolute atomic E-state index is 0.824. The van der Waals surface area contributed by atoms with Gasteiger partial charge in [0, 0.05) is 6.42 Å². The van der Waals surface area contributed by atoms with Crippen LogP contribution in [-0.2, 0) is 0 Å². The maximum Gasteiger partial charge on any atom is 0.00964 e. The highest BCUT2D eigenvalue weighted by atomic mass is 32.1. The molecule has 2 heteroatoms. The van der Waals surface area contributed by atoms with Gasteiger partial charge >= 0.3 is 0 Å². The van der Waals surface area contributed by atoms with Crippen LogP contribution in [0.3, 0.4) is 0 Å². The second-order valence-electron chi connectivity index (χ2n) is 1.58. The van der Waals surface area contributed by atoms with Crippen molar-refractivity contribution in [3.8, 4) is 0 Å². The van der Waals surface area contributed by atoms with Crippen LogP contribution in [0.2, 0.25) is 0 Å². The fourth-order valence-corrected chi connectivity index (χ4v) is 0.875. The third-order valence-corrected chi connectivity index (χ3v) is 0.787. The van der Waals surface area contributed by atoms with Gasteiger partial charge in [-0.1, -0.05) is 24.4 Å². The Bertz CT molecular complexity index is 82.3. The van der Waals surface area contributed by atoms with Gasteiger partial charge in [0.15, 0.2) is 0 Å². The predicted octanol–water partition coefficient (Wildman–Crippen LogP) is 2.16. The summed E-state index contributed by atoms with van der Waals surface area (Å²) in [5.41, 5.74) is 0. The molecule has 0 unspecified atom stereocenters. The first-order valence-electron chi connectivity index (χ1n) is 2.12. The Labute approximate surface area is 54.9 Å². The molecular formula is C5H8S2. The van der Waals surface area contributed by atoms with Gasteiger partial charge in [-0.25, -0.2) is 0 Å². The lowest BCUT2D eigenvalue weighted by molar-refractivity contribution is 1.60. The predicted molar refractivity (Wildman–Crippen MR) is 41.2 cm³/mol. The zero-order valence-corrected chi connectivity index (χ0v) is 6.16. The first-order chi connectivity index (χ1) is 3.13. The molecule has 0 atom stereocenters. The zero-order chi connectivity index (χ0) is 5.86. The van der Waals surface area contributed by atoms with Crippen LogP contribution in [0.4, 0.5) is 0 Å². The molecule has 0 N–H and O–H groups in total. The Balaban J connectivity index is 3.32. The minimum atomic E-state index is 0.824. The van der Waals surface area contributed by atoms with E-state index in [1.807, 2.05) is 13.8 Å². The third kappa shape index (κ3) is 6.18. The summed E-state index contributed by atoms with van der Waals surface area (Å²) >= 11 is 9.57. The van der Waals surface area contributed by atoms with Gasteiger partial charge in [0.25, 0.3) is 0 Å². The quantitative estimate of drug-likeness (QED) is 0.528. The monoisotopic (exact) mass is 132 g/mol. The van der Waals surface area contributed by atoms with Gasteiger partial charge in [0.05, 0.1) is 0 Å². The summed E-state index contributed by atoms with van der Waals surface area (Å²) in [6.45, 7) is 3.82. The summed E-state index contributed by atoms with van der Waals surface area (Å²) in [5.74, 6) is 0. The summed E-state index contributed by atoms with van der Waals surface area (Å²) < 4.78 is 0. The van der Waals surface area contributed by atoms with E-state index < -0.39 is 0 Å². The maximum atomic E-state index is 4.78. The Hall–Kier alpha value is 0.180. The average Bonchev–Trinajstić information content (AvgIpc) is 1.27. The molecule has 0 amide bonds. The number of thiocarbonyl (C=S) groups is 2. The Morgan fingerprint density at radius 3 is 1.43 bits per heavy atom. The lowest BCUT2D eigenvalue weighted by Crippen LogP contribution is -1.92. The standard InChI is InChI=1S/C5H8S2/c1-4(6)3-5(2)7/h3H2,1-2H3. The van der Waals surface area contributed by atoms with Crippen molar-refractivity contribution in [1.82, 2.24) is 0 Å². The molecule has 0 spiro atoms. The molecular weight excluding hydrogens is 124 g/mol. The van der Waals surface area contributed by atoms with Crippen LogP contribution in [0.5, 0.6) is 0 Å². The summed E-state index contributed by atoms with van der Waals surface area (Å²) in [7, 11) is 0. The van der Waals surface area contributed by atoms with Gasteiger partial charge in [-0.3, -0.25) is 0 Å². The molecule has 7 heavy (non-hydrogen) atoms. The molecule has 0 radical (unpaired) electrons. The maximum absolute atomic E-state index is 4.78. The van der Waals surface area contributed by atoms with Gasteiger partial charge in [-0.2, -0.15) is 0 Å². The molecule has 0 nitrogen and oxygen atoms in total. The molecule has 0 aromatic heterocycles. The normalized spacial score (nSPS) is 8.29. The van der Waals surface area contributed by atoms with Crippen molar-refractivity contribution in [2.75, 3.05) is 0 Å². The minimum Gasteiger partial charge on any atom is -0.0896 e. The molecule has 0 aliphatic heterocycles. The smallest absolute Gasteiger partial charge is 0.00964 e. The molecule has 0 rings (SSSR count). The van der Waals surface area contributed by atoms with Crippen LogP contribution < -0.4 is 0 Å². The second kappa shape index (κ2) is 3.22. The molecule has 0 aliphatic carbocycles. The lowest BCUT2D eigenvalue weighted by Gasteiger charge is -1.88. The van der Waals surface area contributed by atoms with Crippen molar-refractivity contribution in [2.45, 2.75) is 20.3 Å². The summed E-state index contributed by atoms with van der Waals surface area (Å²) in [5, 5.41) is 0.